The number of carbonyl (C=O) groups excluding carboxylic acids is 1. The lowest BCUT2D eigenvalue weighted by Crippen LogP contribution is -2.19. The molecule has 0 fully saturated rings. The van der Waals surface area contributed by atoms with Crippen LogP contribution in [0.4, 0.5) is 24.7 Å². The zero-order valence-corrected chi connectivity index (χ0v) is 8.71. The number of aromatic nitrogens is 1. The monoisotopic (exact) mass is 248 g/mol. The van der Waals surface area contributed by atoms with Crippen molar-refractivity contribution in [2.75, 3.05) is 17.6 Å². The first-order chi connectivity index (χ1) is 7.79. The second kappa shape index (κ2) is 4.89. The molecule has 0 aliphatic carbocycles. The Morgan fingerprint density at radius 1 is 1.47 bits per heavy atom. The molecule has 0 aliphatic heterocycles. The molecule has 1 aromatic rings. The first-order valence-electron chi connectivity index (χ1n) is 4.65. The minimum Gasteiger partial charge on any atom is -0.397 e. The van der Waals surface area contributed by atoms with Crippen LogP contribution < -0.4 is 16.8 Å². The van der Waals surface area contributed by atoms with Crippen molar-refractivity contribution in [3.05, 3.63) is 17.8 Å². The summed E-state index contributed by atoms with van der Waals surface area (Å²) >= 11 is 0. The van der Waals surface area contributed by atoms with Gasteiger partial charge in [0.25, 0.3) is 5.91 Å². The van der Waals surface area contributed by atoms with E-state index in [1.807, 2.05) is 0 Å². The average molecular weight is 248 g/mol. The van der Waals surface area contributed by atoms with E-state index in [9.17, 15) is 18.0 Å². The summed E-state index contributed by atoms with van der Waals surface area (Å²) in [6.07, 6.45) is -4.08. The highest BCUT2D eigenvalue weighted by Gasteiger charge is 2.26. The van der Waals surface area contributed by atoms with Crippen molar-refractivity contribution in [2.45, 2.75) is 12.6 Å². The minimum absolute atomic E-state index is 0.00375. The van der Waals surface area contributed by atoms with Crippen LogP contribution in [0.1, 0.15) is 16.8 Å². The topological polar surface area (TPSA) is 94.0 Å². The van der Waals surface area contributed by atoms with E-state index in [1.54, 1.807) is 0 Å². The predicted octanol–water partition coefficient (Wildman–Crippen LogP) is 1.13. The normalized spacial score (nSPS) is 11.2. The van der Waals surface area contributed by atoms with Crippen LogP contribution in [-0.2, 0) is 0 Å². The summed E-state index contributed by atoms with van der Waals surface area (Å²) in [4.78, 5) is 14.7. The third kappa shape index (κ3) is 4.17. The molecule has 5 nitrogen and oxygen atoms in total. The number of pyridine rings is 1. The Labute approximate surface area is 95.0 Å². The van der Waals surface area contributed by atoms with Crippen LogP contribution in [0.15, 0.2) is 12.3 Å². The highest BCUT2D eigenvalue weighted by atomic mass is 19.4. The number of nitrogen functional groups attached to an aromatic ring is 1. The number of nitrogens with two attached hydrogens (primary N) is 2. The highest BCUT2D eigenvalue weighted by Crippen LogP contribution is 2.20. The molecular formula is C9H11F3N4O. The lowest BCUT2D eigenvalue weighted by molar-refractivity contribution is -0.131. The van der Waals surface area contributed by atoms with Gasteiger partial charge in [0.1, 0.15) is 5.82 Å². The second-order valence-corrected chi connectivity index (χ2v) is 3.32. The van der Waals surface area contributed by atoms with E-state index < -0.39 is 18.5 Å². The van der Waals surface area contributed by atoms with Gasteiger partial charge in [-0.1, -0.05) is 0 Å². The van der Waals surface area contributed by atoms with E-state index in [0.29, 0.717) is 0 Å². The van der Waals surface area contributed by atoms with Gasteiger partial charge >= 0.3 is 6.18 Å². The molecular weight excluding hydrogens is 237 g/mol. The highest BCUT2D eigenvalue weighted by molar-refractivity contribution is 5.98. The summed E-state index contributed by atoms with van der Waals surface area (Å²) in [7, 11) is 0. The molecule has 0 spiro atoms. The first-order valence-corrected chi connectivity index (χ1v) is 4.65. The van der Waals surface area contributed by atoms with E-state index in [-0.39, 0.29) is 23.6 Å². The third-order valence-electron chi connectivity index (χ3n) is 1.88. The quantitative estimate of drug-likeness (QED) is 0.744. The number of alkyl halides is 3. The fraction of sp³-hybridized carbons (Fsp3) is 0.333. The Kier molecular flexibility index (Phi) is 3.77. The summed E-state index contributed by atoms with van der Waals surface area (Å²) in [5, 5.41) is 2.39. The number of nitrogens with one attached hydrogen (secondary N) is 1. The molecule has 5 N–H and O–H groups in total. The number of anilines is 2. The number of carbonyl (C=O) groups is 1. The Morgan fingerprint density at radius 3 is 2.65 bits per heavy atom. The summed E-state index contributed by atoms with van der Waals surface area (Å²) in [5.41, 5.74) is 10.6. The van der Waals surface area contributed by atoms with Crippen LogP contribution in [0.2, 0.25) is 0 Å². The maximum atomic E-state index is 11.9. The third-order valence-corrected chi connectivity index (χ3v) is 1.88. The van der Waals surface area contributed by atoms with Gasteiger partial charge in [0.15, 0.2) is 0 Å². The molecule has 0 unspecified atom stereocenters. The van der Waals surface area contributed by atoms with Crippen molar-refractivity contribution in [3.63, 3.8) is 0 Å². The SMILES string of the molecule is NC(=O)c1cc(N)cnc1NCCC(F)(F)F. The number of hydrogen-bond donors (Lipinski definition) is 3. The summed E-state index contributed by atoms with van der Waals surface area (Å²) < 4.78 is 35.7. The van der Waals surface area contributed by atoms with Crippen molar-refractivity contribution in [2.24, 2.45) is 5.73 Å². The number of halogens is 3. The average Bonchev–Trinajstić information content (AvgIpc) is 2.18. The number of amides is 1. The van der Waals surface area contributed by atoms with Crippen molar-refractivity contribution < 1.29 is 18.0 Å². The summed E-state index contributed by atoms with van der Waals surface area (Å²) in [6.45, 7) is -0.388. The zero-order valence-electron chi connectivity index (χ0n) is 8.71. The van der Waals surface area contributed by atoms with Crippen LogP contribution in [-0.4, -0.2) is 23.6 Å². The molecule has 1 amide bonds. The van der Waals surface area contributed by atoms with Crippen molar-refractivity contribution >= 4 is 17.4 Å². The Hall–Kier alpha value is -1.99. The molecule has 0 bridgehead atoms. The molecule has 1 rings (SSSR count). The smallest absolute Gasteiger partial charge is 0.390 e. The standard InChI is InChI=1S/C9H11F3N4O/c10-9(11,12)1-2-15-8-6(7(14)17)3-5(13)4-16-8/h3-4H,1-2,13H2,(H2,14,17)(H,15,16). The molecule has 1 heterocycles. The second-order valence-electron chi connectivity index (χ2n) is 3.32. The Bertz CT molecular complexity index is 419. The number of hydrogen-bond acceptors (Lipinski definition) is 4. The van der Waals surface area contributed by atoms with Crippen LogP contribution in [0.5, 0.6) is 0 Å². The number of nitrogens with zero attached hydrogens (tertiary/aromatic N) is 1. The lowest BCUT2D eigenvalue weighted by Gasteiger charge is -2.10. The maximum Gasteiger partial charge on any atom is 0.390 e. The molecule has 0 saturated carbocycles. The van der Waals surface area contributed by atoms with Gasteiger partial charge in [-0.3, -0.25) is 4.79 Å². The van der Waals surface area contributed by atoms with E-state index in [2.05, 4.69) is 10.3 Å². The molecule has 8 heteroatoms. The van der Waals surface area contributed by atoms with Gasteiger partial charge < -0.3 is 16.8 Å². The van der Waals surface area contributed by atoms with E-state index in [4.69, 9.17) is 11.5 Å². The molecule has 0 aromatic carbocycles. The molecule has 0 saturated heterocycles. The van der Waals surface area contributed by atoms with Gasteiger partial charge in [-0.2, -0.15) is 13.2 Å². The van der Waals surface area contributed by atoms with Gasteiger partial charge in [-0.05, 0) is 6.07 Å². The number of primary amides is 1. The van der Waals surface area contributed by atoms with Crippen LogP contribution in [0.3, 0.4) is 0 Å². The largest absolute Gasteiger partial charge is 0.397 e. The van der Waals surface area contributed by atoms with Crippen LogP contribution in [0.25, 0.3) is 0 Å². The van der Waals surface area contributed by atoms with Crippen molar-refractivity contribution in [1.82, 2.24) is 4.98 Å². The zero-order chi connectivity index (χ0) is 13.1. The summed E-state index contributed by atoms with van der Waals surface area (Å²) in [5.74, 6) is -0.810. The van der Waals surface area contributed by atoms with Crippen molar-refractivity contribution in [1.29, 1.82) is 0 Å². The summed E-state index contributed by atoms with van der Waals surface area (Å²) in [6, 6.07) is 1.26. The van der Waals surface area contributed by atoms with Crippen molar-refractivity contribution in [3.8, 4) is 0 Å². The van der Waals surface area contributed by atoms with E-state index in [1.165, 1.54) is 12.3 Å². The molecule has 17 heavy (non-hydrogen) atoms. The van der Waals surface area contributed by atoms with E-state index >= 15 is 0 Å². The molecule has 0 atom stereocenters. The van der Waals surface area contributed by atoms with Gasteiger partial charge in [0.05, 0.1) is 23.9 Å². The van der Waals surface area contributed by atoms with E-state index in [0.717, 1.165) is 0 Å². The van der Waals surface area contributed by atoms with Gasteiger partial charge in [0, 0.05) is 6.54 Å². The predicted molar refractivity (Wildman–Crippen MR) is 56.3 cm³/mol. The minimum atomic E-state index is -4.27. The van der Waals surface area contributed by atoms with Gasteiger partial charge in [0.2, 0.25) is 0 Å². The van der Waals surface area contributed by atoms with Crippen LogP contribution >= 0.6 is 0 Å². The molecule has 0 aliphatic rings. The fourth-order valence-corrected chi connectivity index (χ4v) is 1.13. The molecule has 1 aromatic heterocycles. The first kappa shape index (κ1) is 13.1. The Balaban J connectivity index is 2.74. The number of rotatable bonds is 4. The maximum absolute atomic E-state index is 11.9. The van der Waals surface area contributed by atoms with Gasteiger partial charge in [-0.25, -0.2) is 4.98 Å². The fourth-order valence-electron chi connectivity index (χ4n) is 1.13. The molecule has 0 radical (unpaired) electrons. The van der Waals surface area contributed by atoms with Crippen LogP contribution in [0, 0.1) is 0 Å². The molecule has 94 valence electrons. The lowest BCUT2D eigenvalue weighted by atomic mass is 10.2. The Morgan fingerprint density at radius 2 is 2.12 bits per heavy atom. The van der Waals surface area contributed by atoms with Gasteiger partial charge in [-0.15, -0.1) is 0 Å².